The van der Waals surface area contributed by atoms with Crippen LogP contribution in [0.2, 0.25) is 0 Å². The molecule has 0 fully saturated rings. The van der Waals surface area contributed by atoms with Gasteiger partial charge in [0.05, 0.1) is 0 Å². The van der Waals surface area contributed by atoms with Crippen molar-refractivity contribution in [1.29, 1.82) is 0 Å². The van der Waals surface area contributed by atoms with E-state index in [0.29, 0.717) is 31.1 Å². The molecule has 4 rings (SSSR count). The number of nitrogens with zero attached hydrogens (tertiary/aromatic N) is 3. The van der Waals surface area contributed by atoms with Crippen molar-refractivity contribution in [2.24, 2.45) is 0 Å². The lowest BCUT2D eigenvalue weighted by Crippen LogP contribution is -2.42. The summed E-state index contributed by atoms with van der Waals surface area (Å²) < 4.78 is 5.81. The van der Waals surface area contributed by atoms with Crippen LogP contribution in [0.1, 0.15) is 12.0 Å². The third-order valence-corrected chi connectivity index (χ3v) is 4.56. The van der Waals surface area contributed by atoms with E-state index < -0.39 is 6.10 Å². The van der Waals surface area contributed by atoms with E-state index in [1.165, 1.54) is 0 Å². The van der Waals surface area contributed by atoms with Gasteiger partial charge in [-0.15, -0.1) is 10.2 Å². The number of para-hydroxylation sites is 1. The first-order valence-electron chi connectivity index (χ1n) is 9.55. The molecule has 8 nitrogen and oxygen atoms in total. The number of hydrogen-bond donors (Lipinski definition) is 3. The summed E-state index contributed by atoms with van der Waals surface area (Å²) in [4.78, 5) is 16.3. The zero-order valence-corrected chi connectivity index (χ0v) is 15.8. The summed E-state index contributed by atoms with van der Waals surface area (Å²) in [6, 6.07) is 15.2. The molecule has 29 heavy (non-hydrogen) atoms. The highest BCUT2D eigenvalue weighted by molar-refractivity contribution is 5.81. The molecule has 1 amide bonds. The van der Waals surface area contributed by atoms with Crippen molar-refractivity contribution in [2.45, 2.75) is 18.9 Å². The molecule has 0 saturated carbocycles. The van der Waals surface area contributed by atoms with Gasteiger partial charge in [0.25, 0.3) is 5.91 Å². The van der Waals surface area contributed by atoms with Gasteiger partial charge < -0.3 is 20.7 Å². The van der Waals surface area contributed by atoms with Crippen molar-refractivity contribution >= 4 is 23.2 Å². The average molecular weight is 390 g/mol. The number of anilines is 3. The molecular formula is C21H22N6O2. The van der Waals surface area contributed by atoms with E-state index in [1.54, 1.807) is 12.4 Å². The predicted octanol–water partition coefficient (Wildman–Crippen LogP) is 2.54. The van der Waals surface area contributed by atoms with Gasteiger partial charge in [-0.1, -0.05) is 18.2 Å². The van der Waals surface area contributed by atoms with Crippen LogP contribution in [-0.4, -0.2) is 40.3 Å². The Morgan fingerprint density at radius 2 is 1.79 bits per heavy atom. The van der Waals surface area contributed by atoms with Crippen LogP contribution < -0.4 is 20.7 Å². The Balaban J connectivity index is 1.19. The number of aryl methyl sites for hydroxylation is 1. The van der Waals surface area contributed by atoms with Gasteiger partial charge in [0.1, 0.15) is 11.6 Å². The number of fused-ring (bicyclic) bond motifs is 1. The van der Waals surface area contributed by atoms with E-state index in [2.05, 4.69) is 31.1 Å². The molecule has 3 aromatic rings. The molecule has 0 unspecified atom stereocenters. The van der Waals surface area contributed by atoms with E-state index in [-0.39, 0.29) is 5.91 Å². The van der Waals surface area contributed by atoms with Crippen LogP contribution in [0, 0.1) is 0 Å². The van der Waals surface area contributed by atoms with E-state index in [1.807, 2.05) is 48.5 Å². The van der Waals surface area contributed by atoms with Crippen molar-refractivity contribution in [3.63, 3.8) is 0 Å². The fourth-order valence-corrected chi connectivity index (χ4v) is 3.08. The second-order valence-corrected chi connectivity index (χ2v) is 6.64. The summed E-state index contributed by atoms with van der Waals surface area (Å²) in [7, 11) is 0. The van der Waals surface area contributed by atoms with Gasteiger partial charge in [-0.3, -0.25) is 9.78 Å². The molecule has 1 aromatic carbocycles. The highest BCUT2D eigenvalue weighted by atomic mass is 16.5. The molecule has 2 aromatic heterocycles. The minimum atomic E-state index is -0.441. The van der Waals surface area contributed by atoms with Gasteiger partial charge in [0.2, 0.25) is 0 Å². The Hall–Kier alpha value is -3.68. The van der Waals surface area contributed by atoms with Crippen LogP contribution in [-0.2, 0) is 11.2 Å². The molecular weight excluding hydrogens is 368 g/mol. The lowest BCUT2D eigenvalue weighted by Gasteiger charge is -2.25. The molecule has 3 heterocycles. The monoisotopic (exact) mass is 390 g/mol. The standard InChI is InChI=1S/C21H22N6O2/c28-21(18-6-5-15-3-1-2-4-17(15)29-18)24-14-13-23-19-7-8-20(27-26-19)25-16-9-11-22-12-10-16/h1-4,7-12,18H,5-6,13-14H2,(H,23,26)(H,24,28)(H,22,25,27)/t18-/m0/s1. The Bertz CT molecular complexity index is 949. The molecule has 0 bridgehead atoms. The maximum atomic E-state index is 12.3. The summed E-state index contributed by atoms with van der Waals surface area (Å²) in [5.41, 5.74) is 2.05. The number of rotatable bonds is 7. The number of hydrogen-bond acceptors (Lipinski definition) is 7. The molecule has 148 valence electrons. The number of carbonyl (C=O) groups is 1. The molecule has 1 aliphatic heterocycles. The van der Waals surface area contributed by atoms with E-state index in [0.717, 1.165) is 23.4 Å². The van der Waals surface area contributed by atoms with Gasteiger partial charge in [-0.2, -0.15) is 0 Å². The highest BCUT2D eigenvalue weighted by Crippen LogP contribution is 2.26. The second-order valence-electron chi connectivity index (χ2n) is 6.64. The Labute approximate surface area is 168 Å². The zero-order chi connectivity index (χ0) is 19.9. The lowest BCUT2D eigenvalue weighted by molar-refractivity contribution is -0.128. The number of benzene rings is 1. The average Bonchev–Trinajstić information content (AvgIpc) is 2.78. The van der Waals surface area contributed by atoms with Gasteiger partial charge in [-0.05, 0) is 48.7 Å². The second kappa shape index (κ2) is 9.01. The number of ether oxygens (including phenoxy) is 1. The molecule has 0 radical (unpaired) electrons. The first-order valence-corrected chi connectivity index (χ1v) is 9.55. The maximum absolute atomic E-state index is 12.3. The number of aromatic nitrogens is 3. The Morgan fingerprint density at radius 1 is 1.00 bits per heavy atom. The zero-order valence-electron chi connectivity index (χ0n) is 15.8. The molecule has 0 spiro atoms. The third-order valence-electron chi connectivity index (χ3n) is 4.56. The summed E-state index contributed by atoms with van der Waals surface area (Å²) >= 11 is 0. The molecule has 0 aliphatic carbocycles. The first-order chi connectivity index (χ1) is 14.3. The van der Waals surface area contributed by atoms with Crippen LogP contribution in [0.5, 0.6) is 5.75 Å². The van der Waals surface area contributed by atoms with Crippen LogP contribution in [0.15, 0.2) is 60.9 Å². The number of nitrogens with one attached hydrogen (secondary N) is 3. The van der Waals surface area contributed by atoms with Crippen LogP contribution in [0.4, 0.5) is 17.3 Å². The summed E-state index contributed by atoms with van der Waals surface area (Å²) in [5, 5.41) is 17.5. The molecule has 1 atom stereocenters. The van der Waals surface area contributed by atoms with Crippen LogP contribution >= 0.6 is 0 Å². The minimum Gasteiger partial charge on any atom is -0.480 e. The van der Waals surface area contributed by atoms with Gasteiger partial charge in [0.15, 0.2) is 11.9 Å². The Kier molecular flexibility index (Phi) is 5.80. The smallest absolute Gasteiger partial charge is 0.261 e. The van der Waals surface area contributed by atoms with Crippen molar-refractivity contribution in [3.8, 4) is 5.75 Å². The van der Waals surface area contributed by atoms with Crippen molar-refractivity contribution < 1.29 is 9.53 Å². The quantitative estimate of drug-likeness (QED) is 0.533. The number of carbonyl (C=O) groups excluding carboxylic acids is 1. The van der Waals surface area contributed by atoms with Crippen LogP contribution in [0.3, 0.4) is 0 Å². The SMILES string of the molecule is O=C(NCCNc1ccc(Nc2ccncc2)nn1)[C@@H]1CCc2ccccc2O1. The normalized spacial score (nSPS) is 15.0. The van der Waals surface area contributed by atoms with Crippen molar-refractivity contribution in [3.05, 3.63) is 66.5 Å². The molecule has 3 N–H and O–H groups in total. The summed E-state index contributed by atoms with van der Waals surface area (Å²) in [5.74, 6) is 1.99. The molecule has 8 heteroatoms. The third kappa shape index (κ3) is 4.98. The molecule has 1 aliphatic rings. The highest BCUT2D eigenvalue weighted by Gasteiger charge is 2.25. The van der Waals surface area contributed by atoms with E-state index >= 15 is 0 Å². The largest absolute Gasteiger partial charge is 0.480 e. The van der Waals surface area contributed by atoms with Crippen LogP contribution in [0.25, 0.3) is 0 Å². The Morgan fingerprint density at radius 3 is 2.62 bits per heavy atom. The number of amides is 1. The molecule has 0 saturated heterocycles. The maximum Gasteiger partial charge on any atom is 0.261 e. The van der Waals surface area contributed by atoms with Gasteiger partial charge in [0, 0.05) is 31.2 Å². The van der Waals surface area contributed by atoms with Crippen molar-refractivity contribution in [1.82, 2.24) is 20.5 Å². The van der Waals surface area contributed by atoms with E-state index in [9.17, 15) is 4.79 Å². The minimum absolute atomic E-state index is 0.0933. The topological polar surface area (TPSA) is 101 Å². The van der Waals surface area contributed by atoms with Gasteiger partial charge in [-0.25, -0.2) is 0 Å². The summed E-state index contributed by atoms with van der Waals surface area (Å²) in [6.45, 7) is 1.01. The fourth-order valence-electron chi connectivity index (χ4n) is 3.08. The van der Waals surface area contributed by atoms with E-state index in [4.69, 9.17) is 4.74 Å². The van der Waals surface area contributed by atoms with Gasteiger partial charge >= 0.3 is 0 Å². The first kappa shape index (κ1) is 18.7. The summed E-state index contributed by atoms with van der Waals surface area (Å²) in [6.07, 6.45) is 4.51. The number of pyridine rings is 1. The lowest BCUT2D eigenvalue weighted by atomic mass is 10.0. The van der Waals surface area contributed by atoms with Crippen molar-refractivity contribution in [2.75, 3.05) is 23.7 Å². The fraction of sp³-hybridized carbons (Fsp3) is 0.238. The predicted molar refractivity (Wildman–Crippen MR) is 110 cm³/mol.